The zero-order chi connectivity index (χ0) is 16.7. The number of carbonyl (C=O) groups is 1. The first-order valence-corrected chi connectivity index (χ1v) is 8.26. The number of benzene rings is 2. The molecule has 2 rings (SSSR count). The van der Waals surface area contributed by atoms with Gasteiger partial charge in [0.25, 0.3) is 0 Å². The summed E-state index contributed by atoms with van der Waals surface area (Å²) in [6, 6.07) is 16.8. The van der Waals surface area contributed by atoms with E-state index in [9.17, 15) is 4.79 Å². The van der Waals surface area contributed by atoms with E-state index in [4.69, 9.17) is 16.3 Å². The number of ether oxygens (including phenoxy) is 1. The summed E-state index contributed by atoms with van der Waals surface area (Å²) < 4.78 is 5.77. The average molecular weight is 332 g/mol. The van der Waals surface area contributed by atoms with Crippen LogP contribution < -0.4 is 0 Å². The number of likely N-dealkylation sites (N-methyl/N-ethyl adjacent to an activating group) is 1. The van der Waals surface area contributed by atoms with Gasteiger partial charge in [0.2, 0.25) is 0 Å². The summed E-state index contributed by atoms with van der Waals surface area (Å²) in [4.78, 5) is 14.7. The topological polar surface area (TPSA) is 29.5 Å². The minimum atomic E-state index is -0.392. The molecule has 0 spiro atoms. The summed E-state index contributed by atoms with van der Waals surface area (Å²) in [7, 11) is 0. The van der Waals surface area contributed by atoms with Gasteiger partial charge in [0.15, 0.2) is 0 Å². The Morgan fingerprint density at radius 3 is 2.26 bits per heavy atom. The number of rotatable bonds is 7. The molecule has 3 nitrogen and oxygen atoms in total. The third-order valence-electron chi connectivity index (χ3n) is 3.83. The number of halogens is 1. The van der Waals surface area contributed by atoms with Gasteiger partial charge in [-0.25, -0.2) is 4.79 Å². The molecular formula is C19H22ClNO2. The van der Waals surface area contributed by atoms with E-state index in [1.807, 2.05) is 30.3 Å². The van der Waals surface area contributed by atoms with Crippen LogP contribution >= 0.6 is 11.6 Å². The molecule has 23 heavy (non-hydrogen) atoms. The van der Waals surface area contributed by atoms with Gasteiger partial charge in [-0.2, -0.15) is 0 Å². The first kappa shape index (κ1) is 17.5. The zero-order valence-corrected chi connectivity index (χ0v) is 14.3. The van der Waals surface area contributed by atoms with Crippen LogP contribution in [0, 0.1) is 0 Å². The van der Waals surface area contributed by atoms with Crippen LogP contribution in [0.25, 0.3) is 0 Å². The van der Waals surface area contributed by atoms with Gasteiger partial charge in [-0.3, -0.25) is 4.90 Å². The monoisotopic (exact) mass is 331 g/mol. The molecule has 0 aromatic heterocycles. The Bertz CT molecular complexity index is 626. The highest BCUT2D eigenvalue weighted by Crippen LogP contribution is 2.23. The quantitative estimate of drug-likeness (QED) is 0.695. The van der Waals surface area contributed by atoms with Crippen molar-refractivity contribution in [3.05, 3.63) is 70.7 Å². The predicted octanol–water partition coefficient (Wildman–Crippen LogP) is 4.58. The highest BCUT2D eigenvalue weighted by Gasteiger charge is 2.21. The first-order valence-electron chi connectivity index (χ1n) is 7.88. The number of hydrogen-bond donors (Lipinski definition) is 0. The minimum Gasteiger partial charge on any atom is -0.452 e. The Hall–Kier alpha value is -1.84. The van der Waals surface area contributed by atoms with Gasteiger partial charge in [0, 0.05) is 6.54 Å². The fourth-order valence-electron chi connectivity index (χ4n) is 2.41. The van der Waals surface area contributed by atoms with Gasteiger partial charge in [0.05, 0.1) is 10.6 Å². The van der Waals surface area contributed by atoms with Gasteiger partial charge >= 0.3 is 5.97 Å². The molecule has 0 aliphatic heterocycles. The third kappa shape index (κ3) is 4.81. The maximum absolute atomic E-state index is 12.5. The van der Waals surface area contributed by atoms with Crippen molar-refractivity contribution in [3.63, 3.8) is 0 Å². The van der Waals surface area contributed by atoms with Crippen LogP contribution in [0.5, 0.6) is 0 Å². The van der Waals surface area contributed by atoms with E-state index in [1.165, 1.54) is 0 Å². The molecule has 0 bridgehead atoms. The molecular weight excluding hydrogens is 310 g/mol. The number of hydrogen-bond acceptors (Lipinski definition) is 3. The third-order valence-corrected chi connectivity index (χ3v) is 4.16. The summed E-state index contributed by atoms with van der Waals surface area (Å²) in [6.07, 6.45) is -0.320. The van der Waals surface area contributed by atoms with Crippen LogP contribution in [-0.4, -0.2) is 30.5 Å². The largest absolute Gasteiger partial charge is 0.452 e. The lowest BCUT2D eigenvalue weighted by Gasteiger charge is -2.25. The van der Waals surface area contributed by atoms with Crippen LogP contribution in [0.1, 0.15) is 35.9 Å². The second-order valence-electron chi connectivity index (χ2n) is 5.27. The molecule has 2 aromatic rings. The van der Waals surface area contributed by atoms with Crippen LogP contribution in [0.2, 0.25) is 5.02 Å². The lowest BCUT2D eigenvalue weighted by molar-refractivity contribution is 0.0204. The van der Waals surface area contributed by atoms with Crippen LogP contribution in [0.3, 0.4) is 0 Å². The molecule has 122 valence electrons. The van der Waals surface area contributed by atoms with Gasteiger partial charge in [-0.05, 0) is 30.8 Å². The lowest BCUT2D eigenvalue weighted by atomic mass is 10.1. The number of nitrogens with zero attached hydrogens (tertiary/aromatic N) is 1. The number of esters is 1. The Morgan fingerprint density at radius 2 is 1.65 bits per heavy atom. The van der Waals surface area contributed by atoms with Crippen molar-refractivity contribution in [2.75, 3.05) is 19.6 Å². The maximum atomic E-state index is 12.5. The fourth-order valence-corrected chi connectivity index (χ4v) is 2.63. The fraction of sp³-hybridized carbons (Fsp3) is 0.316. The van der Waals surface area contributed by atoms with E-state index in [1.54, 1.807) is 24.3 Å². The summed E-state index contributed by atoms with van der Waals surface area (Å²) in [5.74, 6) is -0.392. The first-order chi connectivity index (χ1) is 11.2. The molecule has 0 N–H and O–H groups in total. The van der Waals surface area contributed by atoms with Crippen molar-refractivity contribution in [2.24, 2.45) is 0 Å². The normalized spacial score (nSPS) is 12.2. The molecule has 0 radical (unpaired) electrons. The molecule has 2 aromatic carbocycles. The van der Waals surface area contributed by atoms with Crippen LogP contribution in [0.15, 0.2) is 54.6 Å². The molecule has 0 aliphatic carbocycles. The van der Waals surface area contributed by atoms with E-state index in [2.05, 4.69) is 18.7 Å². The standard InChI is InChI=1S/C19H22ClNO2/c1-3-21(4-2)14-18(15-10-6-5-7-11-15)23-19(22)16-12-8-9-13-17(16)20/h5-13,18H,3-4,14H2,1-2H3. The molecule has 0 saturated heterocycles. The SMILES string of the molecule is CCN(CC)CC(OC(=O)c1ccccc1Cl)c1ccccc1. The number of carbonyl (C=O) groups excluding carboxylic acids is 1. The summed E-state index contributed by atoms with van der Waals surface area (Å²) in [5, 5.41) is 0.409. The molecule has 1 unspecified atom stereocenters. The summed E-state index contributed by atoms with van der Waals surface area (Å²) >= 11 is 6.10. The van der Waals surface area contributed by atoms with Crippen molar-refractivity contribution in [1.29, 1.82) is 0 Å². The van der Waals surface area contributed by atoms with Crippen molar-refractivity contribution < 1.29 is 9.53 Å². The molecule has 0 aliphatic rings. The molecule has 4 heteroatoms. The van der Waals surface area contributed by atoms with Crippen LogP contribution in [0.4, 0.5) is 0 Å². The van der Waals surface area contributed by atoms with Gasteiger partial charge < -0.3 is 4.74 Å². The molecule has 0 fully saturated rings. The Labute approximate surface area is 142 Å². The van der Waals surface area contributed by atoms with E-state index in [0.717, 1.165) is 18.7 Å². The van der Waals surface area contributed by atoms with Crippen molar-refractivity contribution in [1.82, 2.24) is 4.90 Å². The van der Waals surface area contributed by atoms with Crippen molar-refractivity contribution in [3.8, 4) is 0 Å². The zero-order valence-electron chi connectivity index (χ0n) is 13.5. The van der Waals surface area contributed by atoms with Crippen molar-refractivity contribution in [2.45, 2.75) is 20.0 Å². The minimum absolute atomic E-state index is 0.320. The highest BCUT2D eigenvalue weighted by molar-refractivity contribution is 6.33. The molecule has 0 heterocycles. The van der Waals surface area contributed by atoms with Crippen molar-refractivity contribution >= 4 is 17.6 Å². The lowest BCUT2D eigenvalue weighted by Crippen LogP contribution is -2.30. The highest BCUT2D eigenvalue weighted by atomic mass is 35.5. The van der Waals surface area contributed by atoms with Gasteiger partial charge in [-0.15, -0.1) is 0 Å². The molecule has 0 saturated carbocycles. The molecule has 0 amide bonds. The summed E-state index contributed by atoms with van der Waals surface area (Å²) in [6.45, 7) is 6.67. The van der Waals surface area contributed by atoms with E-state index in [0.29, 0.717) is 17.1 Å². The Balaban J connectivity index is 2.20. The Kier molecular flexibility index (Phi) is 6.63. The second-order valence-corrected chi connectivity index (χ2v) is 5.68. The molecule has 1 atom stereocenters. The van der Waals surface area contributed by atoms with E-state index >= 15 is 0 Å². The predicted molar refractivity (Wildman–Crippen MR) is 93.8 cm³/mol. The van der Waals surface area contributed by atoms with E-state index in [-0.39, 0.29) is 6.10 Å². The average Bonchev–Trinajstić information content (AvgIpc) is 2.59. The Morgan fingerprint density at radius 1 is 1.04 bits per heavy atom. The maximum Gasteiger partial charge on any atom is 0.340 e. The van der Waals surface area contributed by atoms with Gasteiger partial charge in [0.1, 0.15) is 6.10 Å². The van der Waals surface area contributed by atoms with E-state index < -0.39 is 5.97 Å². The smallest absolute Gasteiger partial charge is 0.340 e. The van der Waals surface area contributed by atoms with Crippen LogP contribution in [-0.2, 0) is 4.74 Å². The summed E-state index contributed by atoms with van der Waals surface area (Å²) in [5.41, 5.74) is 1.38. The second kappa shape index (κ2) is 8.70. The van der Waals surface area contributed by atoms with Gasteiger partial charge in [-0.1, -0.05) is 67.9 Å².